The number of carbonyl (C=O) groups is 1. The second kappa shape index (κ2) is 4.79. The summed E-state index contributed by atoms with van der Waals surface area (Å²) >= 11 is 0. The molecule has 0 fully saturated rings. The van der Waals surface area contributed by atoms with Crippen LogP contribution in [0.15, 0.2) is 28.8 Å². The van der Waals surface area contributed by atoms with Crippen molar-refractivity contribution in [3.8, 4) is 0 Å². The zero-order valence-electron chi connectivity index (χ0n) is 9.80. The maximum atomic E-state index is 10.9. The Hall–Kier alpha value is -2.50. The van der Waals surface area contributed by atoms with Gasteiger partial charge in [0, 0.05) is 6.20 Å². The molecule has 6 nitrogen and oxygen atoms in total. The molecule has 0 aliphatic rings. The first-order valence-corrected chi connectivity index (χ1v) is 5.35. The standard InChI is InChI=1S/C12H13N3O3/c1-7-2-3-8(18-7)6-15-11-10(13)9(12(16)17)4-5-14-11/h2-5H,6,13H2,1H3,(H,14,15)(H,16,17). The summed E-state index contributed by atoms with van der Waals surface area (Å²) in [6, 6.07) is 5.04. The molecule has 2 heterocycles. The van der Waals surface area contributed by atoms with E-state index < -0.39 is 5.97 Å². The van der Waals surface area contributed by atoms with E-state index in [9.17, 15) is 4.79 Å². The normalized spacial score (nSPS) is 10.3. The first-order chi connectivity index (χ1) is 8.58. The molecule has 0 spiro atoms. The average Bonchev–Trinajstić information content (AvgIpc) is 2.73. The van der Waals surface area contributed by atoms with E-state index in [1.807, 2.05) is 19.1 Å². The van der Waals surface area contributed by atoms with Crippen molar-refractivity contribution in [3.63, 3.8) is 0 Å². The van der Waals surface area contributed by atoms with E-state index in [0.717, 1.165) is 11.5 Å². The van der Waals surface area contributed by atoms with Gasteiger partial charge in [-0.25, -0.2) is 9.78 Å². The highest BCUT2D eigenvalue weighted by atomic mass is 16.4. The molecule has 0 unspecified atom stereocenters. The third kappa shape index (κ3) is 2.42. The Balaban J connectivity index is 2.14. The van der Waals surface area contributed by atoms with Crippen molar-refractivity contribution in [2.75, 3.05) is 11.1 Å². The van der Waals surface area contributed by atoms with Crippen LogP contribution < -0.4 is 11.1 Å². The lowest BCUT2D eigenvalue weighted by atomic mass is 10.2. The van der Waals surface area contributed by atoms with Gasteiger partial charge < -0.3 is 20.6 Å². The van der Waals surface area contributed by atoms with E-state index in [2.05, 4.69) is 10.3 Å². The molecule has 0 saturated carbocycles. The summed E-state index contributed by atoms with van der Waals surface area (Å²) in [6.45, 7) is 2.25. The molecule has 0 aliphatic heterocycles. The third-order valence-corrected chi connectivity index (χ3v) is 2.45. The summed E-state index contributed by atoms with van der Waals surface area (Å²) in [4.78, 5) is 14.9. The first-order valence-electron chi connectivity index (χ1n) is 5.35. The van der Waals surface area contributed by atoms with Crippen molar-refractivity contribution in [1.29, 1.82) is 0 Å². The topological polar surface area (TPSA) is 101 Å². The fraction of sp³-hybridized carbons (Fsp3) is 0.167. The van der Waals surface area contributed by atoms with Gasteiger partial charge in [-0.05, 0) is 25.1 Å². The largest absolute Gasteiger partial charge is 0.478 e. The fourth-order valence-corrected chi connectivity index (χ4v) is 1.55. The average molecular weight is 247 g/mol. The van der Waals surface area contributed by atoms with Crippen LogP contribution in [0.1, 0.15) is 21.9 Å². The Labute approximate surface area is 103 Å². The van der Waals surface area contributed by atoms with E-state index in [-0.39, 0.29) is 11.3 Å². The van der Waals surface area contributed by atoms with Crippen molar-refractivity contribution in [2.24, 2.45) is 0 Å². The van der Waals surface area contributed by atoms with Crippen LogP contribution in [0.3, 0.4) is 0 Å². The zero-order chi connectivity index (χ0) is 13.1. The number of carboxylic acids is 1. The van der Waals surface area contributed by atoms with Crippen LogP contribution in [0.2, 0.25) is 0 Å². The molecule has 6 heteroatoms. The molecule has 0 aromatic carbocycles. The summed E-state index contributed by atoms with van der Waals surface area (Å²) in [6.07, 6.45) is 1.40. The van der Waals surface area contributed by atoms with Crippen LogP contribution in [0.5, 0.6) is 0 Å². The van der Waals surface area contributed by atoms with Gasteiger partial charge in [-0.15, -0.1) is 0 Å². The molecule has 94 valence electrons. The molecule has 0 aliphatic carbocycles. The van der Waals surface area contributed by atoms with Gasteiger partial charge in [-0.1, -0.05) is 0 Å². The van der Waals surface area contributed by atoms with E-state index in [1.54, 1.807) is 0 Å². The Bertz CT molecular complexity index is 578. The van der Waals surface area contributed by atoms with Crippen LogP contribution in [0, 0.1) is 6.92 Å². The molecule has 0 amide bonds. The highest BCUT2D eigenvalue weighted by Gasteiger charge is 2.12. The molecule has 4 N–H and O–H groups in total. The second-order valence-electron chi connectivity index (χ2n) is 3.79. The Morgan fingerprint density at radius 1 is 1.50 bits per heavy atom. The summed E-state index contributed by atoms with van der Waals surface area (Å²) < 4.78 is 5.38. The Kier molecular flexibility index (Phi) is 3.18. The number of nitrogen functional groups attached to an aromatic ring is 1. The Morgan fingerprint density at radius 3 is 2.89 bits per heavy atom. The smallest absolute Gasteiger partial charge is 0.337 e. The molecule has 2 rings (SSSR count). The summed E-state index contributed by atoms with van der Waals surface area (Å²) in [5.74, 6) is 0.803. The van der Waals surface area contributed by atoms with Crippen LogP contribution >= 0.6 is 0 Å². The maximum Gasteiger partial charge on any atom is 0.337 e. The quantitative estimate of drug-likeness (QED) is 0.762. The van der Waals surface area contributed by atoms with E-state index in [0.29, 0.717) is 12.4 Å². The molecule has 2 aromatic rings. The summed E-state index contributed by atoms with van der Waals surface area (Å²) in [7, 11) is 0. The number of carboxylic acid groups (broad SMARTS) is 1. The first kappa shape index (κ1) is 12.0. The number of aromatic nitrogens is 1. The number of aromatic carboxylic acids is 1. The van der Waals surface area contributed by atoms with Crippen LogP contribution in [0.25, 0.3) is 0 Å². The van der Waals surface area contributed by atoms with Crippen LogP contribution in [-0.4, -0.2) is 16.1 Å². The van der Waals surface area contributed by atoms with Gasteiger partial charge in [0.05, 0.1) is 17.8 Å². The summed E-state index contributed by atoms with van der Waals surface area (Å²) in [5.41, 5.74) is 5.87. The second-order valence-corrected chi connectivity index (χ2v) is 3.79. The molecule has 0 saturated heterocycles. The zero-order valence-corrected chi connectivity index (χ0v) is 9.80. The number of anilines is 2. The molecule has 0 bridgehead atoms. The van der Waals surface area contributed by atoms with Gasteiger partial charge in [-0.3, -0.25) is 0 Å². The number of rotatable bonds is 4. The van der Waals surface area contributed by atoms with Gasteiger partial charge in [0.15, 0.2) is 0 Å². The number of hydrogen-bond donors (Lipinski definition) is 3. The number of pyridine rings is 1. The van der Waals surface area contributed by atoms with Crippen LogP contribution in [0.4, 0.5) is 11.5 Å². The number of aryl methyl sites for hydroxylation is 1. The number of hydrogen-bond acceptors (Lipinski definition) is 5. The van der Waals surface area contributed by atoms with Crippen molar-refractivity contribution in [1.82, 2.24) is 4.98 Å². The molecular formula is C12H13N3O3. The number of nitrogens with one attached hydrogen (secondary N) is 1. The van der Waals surface area contributed by atoms with E-state index in [4.69, 9.17) is 15.3 Å². The minimum Gasteiger partial charge on any atom is -0.478 e. The van der Waals surface area contributed by atoms with Gasteiger partial charge in [0.2, 0.25) is 0 Å². The molecular weight excluding hydrogens is 234 g/mol. The third-order valence-electron chi connectivity index (χ3n) is 2.45. The van der Waals surface area contributed by atoms with Gasteiger partial charge in [-0.2, -0.15) is 0 Å². The highest BCUT2D eigenvalue weighted by molar-refractivity contribution is 5.96. The number of nitrogens with two attached hydrogens (primary N) is 1. The van der Waals surface area contributed by atoms with Crippen molar-refractivity contribution >= 4 is 17.5 Å². The van der Waals surface area contributed by atoms with Gasteiger partial charge >= 0.3 is 5.97 Å². The molecule has 0 radical (unpaired) electrons. The van der Waals surface area contributed by atoms with Crippen LogP contribution in [-0.2, 0) is 6.54 Å². The lowest BCUT2D eigenvalue weighted by Crippen LogP contribution is -2.09. The van der Waals surface area contributed by atoms with E-state index in [1.165, 1.54) is 12.3 Å². The van der Waals surface area contributed by atoms with E-state index >= 15 is 0 Å². The number of nitrogens with zero attached hydrogens (tertiary/aromatic N) is 1. The molecule has 0 atom stereocenters. The SMILES string of the molecule is Cc1ccc(CNc2nccc(C(=O)O)c2N)o1. The number of furan rings is 1. The fourth-order valence-electron chi connectivity index (χ4n) is 1.55. The monoisotopic (exact) mass is 247 g/mol. The molecule has 18 heavy (non-hydrogen) atoms. The van der Waals surface area contributed by atoms with Crippen molar-refractivity contribution < 1.29 is 14.3 Å². The highest BCUT2D eigenvalue weighted by Crippen LogP contribution is 2.20. The minimum absolute atomic E-state index is 0.0307. The summed E-state index contributed by atoms with van der Waals surface area (Å²) in [5, 5.41) is 11.9. The van der Waals surface area contributed by atoms with Crippen molar-refractivity contribution in [2.45, 2.75) is 13.5 Å². The van der Waals surface area contributed by atoms with Crippen molar-refractivity contribution in [3.05, 3.63) is 41.5 Å². The molecule has 2 aromatic heterocycles. The Morgan fingerprint density at radius 2 is 2.28 bits per heavy atom. The van der Waals surface area contributed by atoms with Gasteiger partial charge in [0.25, 0.3) is 0 Å². The lowest BCUT2D eigenvalue weighted by Gasteiger charge is -2.08. The predicted octanol–water partition coefficient (Wildman–Crippen LogP) is 1.88. The van der Waals surface area contributed by atoms with Gasteiger partial charge in [0.1, 0.15) is 17.3 Å². The predicted molar refractivity (Wildman–Crippen MR) is 66.4 cm³/mol. The minimum atomic E-state index is -1.08. The maximum absolute atomic E-state index is 10.9. The lowest BCUT2D eigenvalue weighted by molar-refractivity contribution is 0.0698.